The number of hydrogen-bond acceptors (Lipinski definition) is 2. The summed E-state index contributed by atoms with van der Waals surface area (Å²) in [6, 6.07) is 8.41. The van der Waals surface area contributed by atoms with E-state index in [4.69, 9.17) is 11.1 Å². The van der Waals surface area contributed by atoms with E-state index in [1.807, 2.05) is 0 Å². The molecule has 0 saturated carbocycles. The van der Waals surface area contributed by atoms with Crippen LogP contribution >= 0.6 is 0 Å². The van der Waals surface area contributed by atoms with E-state index in [0.29, 0.717) is 6.42 Å². The fourth-order valence-electron chi connectivity index (χ4n) is 1.50. The molecule has 0 aliphatic heterocycles. The Labute approximate surface area is 91.4 Å². The molecule has 3 heteroatoms. The molecule has 0 saturated heterocycles. The Bertz CT molecular complexity index is 333. The van der Waals surface area contributed by atoms with Gasteiger partial charge in [-0.05, 0) is 31.0 Å². The number of hydrogen-bond donors (Lipinski definition) is 2. The fraction of sp³-hybridized carbons (Fsp3) is 0.417. The number of nitrogens with zero attached hydrogens (tertiary/aromatic N) is 1. The molecule has 1 rings (SSSR count). The summed E-state index contributed by atoms with van der Waals surface area (Å²) in [7, 11) is 2.06. The Morgan fingerprint density at radius 2 is 2.20 bits per heavy atom. The van der Waals surface area contributed by atoms with Gasteiger partial charge >= 0.3 is 0 Å². The van der Waals surface area contributed by atoms with Crippen LogP contribution in [-0.4, -0.2) is 19.4 Å². The summed E-state index contributed by atoms with van der Waals surface area (Å²) in [6.07, 6.45) is 1.61. The Morgan fingerprint density at radius 1 is 1.47 bits per heavy atom. The lowest BCUT2D eigenvalue weighted by molar-refractivity contribution is 0.811. The van der Waals surface area contributed by atoms with E-state index in [1.54, 1.807) is 0 Å². The van der Waals surface area contributed by atoms with Crippen LogP contribution in [-0.2, 0) is 0 Å². The van der Waals surface area contributed by atoms with Crippen molar-refractivity contribution in [2.75, 3.05) is 18.5 Å². The van der Waals surface area contributed by atoms with Gasteiger partial charge in [-0.15, -0.1) is 0 Å². The van der Waals surface area contributed by atoms with Gasteiger partial charge in [0.2, 0.25) is 0 Å². The molecule has 0 atom stereocenters. The molecule has 0 aliphatic carbocycles. The van der Waals surface area contributed by atoms with Crippen molar-refractivity contribution >= 4 is 11.5 Å². The third kappa shape index (κ3) is 4.02. The van der Waals surface area contributed by atoms with Crippen molar-refractivity contribution in [3.05, 3.63) is 29.8 Å². The average Bonchev–Trinajstić information content (AvgIpc) is 2.17. The normalized spacial score (nSPS) is 10.0. The predicted octanol–water partition coefficient (Wildman–Crippen LogP) is 2.15. The molecule has 0 bridgehead atoms. The number of aryl methyl sites for hydroxylation is 1. The Morgan fingerprint density at radius 3 is 2.80 bits per heavy atom. The SMILES string of the molecule is Cc1cccc(N(C)CCCC(=N)N)c1. The summed E-state index contributed by atoms with van der Waals surface area (Å²) in [5.74, 6) is 0.271. The van der Waals surface area contributed by atoms with Gasteiger partial charge in [0.15, 0.2) is 0 Å². The standard InChI is InChI=1S/C12H19N3/c1-10-5-3-6-11(9-10)15(2)8-4-7-12(13)14/h3,5-6,9H,4,7-8H2,1-2H3,(H3,13,14). The van der Waals surface area contributed by atoms with E-state index in [9.17, 15) is 0 Å². The van der Waals surface area contributed by atoms with E-state index >= 15 is 0 Å². The summed E-state index contributed by atoms with van der Waals surface area (Å²) >= 11 is 0. The highest BCUT2D eigenvalue weighted by molar-refractivity contribution is 5.76. The van der Waals surface area contributed by atoms with Crippen molar-refractivity contribution in [1.29, 1.82) is 5.41 Å². The minimum absolute atomic E-state index is 0.271. The topological polar surface area (TPSA) is 53.1 Å². The Balaban J connectivity index is 2.46. The second-order valence-electron chi connectivity index (χ2n) is 3.89. The fourth-order valence-corrected chi connectivity index (χ4v) is 1.50. The molecule has 0 radical (unpaired) electrons. The lowest BCUT2D eigenvalue weighted by Crippen LogP contribution is -2.20. The van der Waals surface area contributed by atoms with Crippen molar-refractivity contribution in [3.63, 3.8) is 0 Å². The quantitative estimate of drug-likeness (QED) is 0.571. The van der Waals surface area contributed by atoms with E-state index < -0.39 is 0 Å². The van der Waals surface area contributed by atoms with Crippen LogP contribution in [0.2, 0.25) is 0 Å². The van der Waals surface area contributed by atoms with Crippen LogP contribution in [0.15, 0.2) is 24.3 Å². The van der Waals surface area contributed by atoms with Gasteiger partial charge in [0.1, 0.15) is 0 Å². The van der Waals surface area contributed by atoms with E-state index in [2.05, 4.69) is 43.1 Å². The first-order chi connectivity index (χ1) is 7.09. The lowest BCUT2D eigenvalue weighted by atomic mass is 10.2. The molecular weight excluding hydrogens is 186 g/mol. The highest BCUT2D eigenvalue weighted by Gasteiger charge is 2.00. The smallest absolute Gasteiger partial charge is 0.0905 e. The maximum atomic E-state index is 7.14. The van der Waals surface area contributed by atoms with E-state index in [1.165, 1.54) is 11.3 Å². The van der Waals surface area contributed by atoms with Crippen molar-refractivity contribution in [2.45, 2.75) is 19.8 Å². The Hall–Kier alpha value is -1.51. The molecule has 0 unspecified atom stereocenters. The van der Waals surface area contributed by atoms with Crippen LogP contribution in [0, 0.1) is 12.3 Å². The molecule has 0 aliphatic rings. The third-order valence-corrected chi connectivity index (χ3v) is 2.38. The number of nitrogens with two attached hydrogens (primary N) is 1. The number of rotatable bonds is 5. The summed E-state index contributed by atoms with van der Waals surface area (Å²) in [6.45, 7) is 3.02. The van der Waals surface area contributed by atoms with Gasteiger partial charge in [0, 0.05) is 25.7 Å². The van der Waals surface area contributed by atoms with Gasteiger partial charge in [-0.1, -0.05) is 12.1 Å². The molecule has 3 nitrogen and oxygen atoms in total. The minimum atomic E-state index is 0.271. The largest absolute Gasteiger partial charge is 0.388 e. The molecule has 1 aromatic rings. The predicted molar refractivity (Wildman–Crippen MR) is 65.6 cm³/mol. The van der Waals surface area contributed by atoms with Crippen LogP contribution in [0.1, 0.15) is 18.4 Å². The molecular formula is C12H19N3. The molecule has 0 spiro atoms. The second kappa shape index (κ2) is 5.39. The summed E-state index contributed by atoms with van der Waals surface area (Å²) < 4.78 is 0. The van der Waals surface area contributed by atoms with Crippen molar-refractivity contribution < 1.29 is 0 Å². The van der Waals surface area contributed by atoms with Gasteiger partial charge in [-0.3, -0.25) is 5.41 Å². The first kappa shape index (κ1) is 11.6. The molecule has 15 heavy (non-hydrogen) atoms. The molecule has 0 aromatic heterocycles. The Kier molecular flexibility index (Phi) is 4.16. The monoisotopic (exact) mass is 205 g/mol. The maximum absolute atomic E-state index is 7.14. The van der Waals surface area contributed by atoms with Crippen molar-refractivity contribution in [1.82, 2.24) is 0 Å². The summed E-state index contributed by atoms with van der Waals surface area (Å²) in [5.41, 5.74) is 7.80. The number of anilines is 1. The van der Waals surface area contributed by atoms with Gasteiger partial charge in [-0.25, -0.2) is 0 Å². The van der Waals surface area contributed by atoms with Gasteiger partial charge in [0.05, 0.1) is 5.84 Å². The highest BCUT2D eigenvalue weighted by atomic mass is 15.1. The second-order valence-corrected chi connectivity index (χ2v) is 3.89. The van der Waals surface area contributed by atoms with Gasteiger partial charge < -0.3 is 10.6 Å². The number of nitrogens with one attached hydrogen (secondary N) is 1. The van der Waals surface area contributed by atoms with Crippen molar-refractivity contribution in [2.24, 2.45) is 5.73 Å². The molecule has 1 aromatic carbocycles. The van der Waals surface area contributed by atoms with Gasteiger partial charge in [0.25, 0.3) is 0 Å². The first-order valence-corrected chi connectivity index (χ1v) is 5.20. The highest BCUT2D eigenvalue weighted by Crippen LogP contribution is 2.14. The van der Waals surface area contributed by atoms with Crippen LogP contribution < -0.4 is 10.6 Å². The average molecular weight is 205 g/mol. The molecule has 0 fully saturated rings. The third-order valence-electron chi connectivity index (χ3n) is 2.38. The molecule has 0 heterocycles. The summed E-state index contributed by atoms with van der Waals surface area (Å²) in [5, 5.41) is 7.14. The zero-order valence-electron chi connectivity index (χ0n) is 9.46. The summed E-state index contributed by atoms with van der Waals surface area (Å²) in [4.78, 5) is 2.19. The van der Waals surface area contributed by atoms with Crippen LogP contribution in [0.4, 0.5) is 5.69 Å². The number of amidine groups is 1. The number of benzene rings is 1. The van der Waals surface area contributed by atoms with Crippen LogP contribution in [0.25, 0.3) is 0 Å². The maximum Gasteiger partial charge on any atom is 0.0905 e. The molecule has 3 N–H and O–H groups in total. The minimum Gasteiger partial charge on any atom is -0.388 e. The van der Waals surface area contributed by atoms with Gasteiger partial charge in [-0.2, -0.15) is 0 Å². The van der Waals surface area contributed by atoms with E-state index in [0.717, 1.165) is 13.0 Å². The molecule has 82 valence electrons. The van der Waals surface area contributed by atoms with E-state index in [-0.39, 0.29) is 5.84 Å². The molecule has 0 amide bonds. The van der Waals surface area contributed by atoms with Crippen molar-refractivity contribution in [3.8, 4) is 0 Å². The van der Waals surface area contributed by atoms with Crippen LogP contribution in [0.3, 0.4) is 0 Å². The first-order valence-electron chi connectivity index (χ1n) is 5.20. The lowest BCUT2D eigenvalue weighted by Gasteiger charge is -2.19. The zero-order chi connectivity index (χ0) is 11.3. The van der Waals surface area contributed by atoms with Crippen LogP contribution in [0.5, 0.6) is 0 Å². The zero-order valence-corrected chi connectivity index (χ0v) is 9.46.